The Labute approximate surface area is 135 Å². The molecule has 5 nitrogen and oxygen atoms in total. The number of nitro groups is 1. The molecule has 0 saturated heterocycles. The van der Waals surface area contributed by atoms with Gasteiger partial charge in [-0.1, -0.05) is 50.2 Å². The number of nitrogens with zero attached hydrogens (tertiary/aromatic N) is 1. The highest BCUT2D eigenvalue weighted by Gasteiger charge is 2.15. The zero-order valence-corrected chi connectivity index (χ0v) is 13.2. The van der Waals surface area contributed by atoms with E-state index in [4.69, 9.17) is 4.74 Å². The quantitative estimate of drug-likeness (QED) is 0.432. The Morgan fingerprint density at radius 2 is 1.83 bits per heavy atom. The van der Waals surface area contributed by atoms with Crippen LogP contribution in [0.15, 0.2) is 48.5 Å². The molecule has 0 fully saturated rings. The van der Waals surface area contributed by atoms with Crippen molar-refractivity contribution < 1.29 is 14.5 Å². The second-order valence-corrected chi connectivity index (χ2v) is 5.37. The zero-order valence-electron chi connectivity index (χ0n) is 13.2. The van der Waals surface area contributed by atoms with Crippen molar-refractivity contribution in [2.24, 2.45) is 0 Å². The number of nitro benzene ring substituents is 1. The van der Waals surface area contributed by atoms with Gasteiger partial charge in [0.15, 0.2) is 18.1 Å². The van der Waals surface area contributed by atoms with Gasteiger partial charge >= 0.3 is 5.69 Å². The molecule has 0 aliphatic carbocycles. The molecular weight excluding hydrogens is 294 g/mol. The van der Waals surface area contributed by atoms with Crippen LogP contribution in [0.4, 0.5) is 5.69 Å². The number of para-hydroxylation sites is 2. The van der Waals surface area contributed by atoms with E-state index in [1.165, 1.54) is 17.7 Å². The first kappa shape index (κ1) is 16.7. The Bertz CT molecular complexity index is 694. The molecule has 2 aromatic rings. The Morgan fingerprint density at radius 1 is 1.17 bits per heavy atom. The highest BCUT2D eigenvalue weighted by atomic mass is 16.6. The number of ketones is 1. The molecule has 120 valence electrons. The number of carbonyl (C=O) groups is 1. The highest BCUT2D eigenvalue weighted by Crippen LogP contribution is 2.26. The van der Waals surface area contributed by atoms with Crippen LogP contribution in [0.5, 0.6) is 5.75 Å². The lowest BCUT2D eigenvalue weighted by atomic mass is 9.97. The van der Waals surface area contributed by atoms with E-state index in [0.717, 1.165) is 6.42 Å². The first-order chi connectivity index (χ1) is 11.0. The Hall–Kier alpha value is -2.69. The smallest absolute Gasteiger partial charge is 0.310 e. The van der Waals surface area contributed by atoms with Gasteiger partial charge in [0.1, 0.15) is 0 Å². The summed E-state index contributed by atoms with van der Waals surface area (Å²) in [6, 6.07) is 13.4. The van der Waals surface area contributed by atoms with Crippen molar-refractivity contribution in [2.75, 3.05) is 6.61 Å². The summed E-state index contributed by atoms with van der Waals surface area (Å²) in [4.78, 5) is 22.5. The summed E-state index contributed by atoms with van der Waals surface area (Å²) in [6.45, 7) is 4.02. The minimum absolute atomic E-state index is 0.0991. The van der Waals surface area contributed by atoms with Crippen LogP contribution in [0.2, 0.25) is 0 Å². The average Bonchev–Trinajstić information content (AvgIpc) is 2.59. The van der Waals surface area contributed by atoms with Crippen molar-refractivity contribution >= 4 is 11.5 Å². The Kier molecular flexibility index (Phi) is 5.46. The normalized spacial score (nSPS) is 11.7. The van der Waals surface area contributed by atoms with Gasteiger partial charge in [-0.2, -0.15) is 0 Å². The largest absolute Gasteiger partial charge is 0.478 e. The molecule has 0 spiro atoms. The fraction of sp³-hybridized carbons (Fsp3) is 0.278. The van der Waals surface area contributed by atoms with E-state index in [1.807, 2.05) is 12.1 Å². The molecule has 0 radical (unpaired) electrons. The fourth-order valence-corrected chi connectivity index (χ4v) is 2.19. The van der Waals surface area contributed by atoms with Crippen LogP contribution in [0.25, 0.3) is 0 Å². The van der Waals surface area contributed by atoms with Crippen LogP contribution in [-0.4, -0.2) is 17.3 Å². The molecule has 2 rings (SSSR count). The molecule has 0 amide bonds. The Morgan fingerprint density at radius 3 is 2.43 bits per heavy atom. The SMILES string of the molecule is CCC(C)c1ccc(C(=O)COc2ccccc2[N+](=O)[O-])cc1. The summed E-state index contributed by atoms with van der Waals surface area (Å²) in [5.41, 5.74) is 1.58. The molecule has 0 aliphatic heterocycles. The molecule has 0 aliphatic rings. The standard InChI is InChI=1S/C18H19NO4/c1-3-13(2)14-8-10-15(11-9-14)17(20)12-23-18-7-5-4-6-16(18)19(21)22/h4-11,13H,3,12H2,1-2H3. The monoisotopic (exact) mass is 313 g/mol. The van der Waals surface area contributed by atoms with Crippen molar-refractivity contribution in [3.05, 3.63) is 69.8 Å². The molecule has 0 saturated carbocycles. The van der Waals surface area contributed by atoms with E-state index in [-0.39, 0.29) is 23.8 Å². The van der Waals surface area contributed by atoms with Gasteiger partial charge in [0.2, 0.25) is 0 Å². The summed E-state index contributed by atoms with van der Waals surface area (Å²) >= 11 is 0. The van der Waals surface area contributed by atoms with Crippen molar-refractivity contribution in [3.63, 3.8) is 0 Å². The van der Waals surface area contributed by atoms with Crippen molar-refractivity contribution in [2.45, 2.75) is 26.2 Å². The van der Waals surface area contributed by atoms with Crippen LogP contribution < -0.4 is 4.74 Å². The molecule has 0 aromatic heterocycles. The first-order valence-electron chi connectivity index (χ1n) is 7.52. The fourth-order valence-electron chi connectivity index (χ4n) is 2.19. The highest BCUT2D eigenvalue weighted by molar-refractivity contribution is 5.97. The van der Waals surface area contributed by atoms with Crippen molar-refractivity contribution in [3.8, 4) is 5.75 Å². The molecule has 0 bridgehead atoms. The summed E-state index contributed by atoms with van der Waals surface area (Å²) in [7, 11) is 0. The van der Waals surface area contributed by atoms with Gasteiger partial charge in [-0.15, -0.1) is 0 Å². The molecule has 1 atom stereocenters. The third-order valence-corrected chi connectivity index (χ3v) is 3.83. The number of rotatable bonds is 7. The van der Waals surface area contributed by atoms with Gasteiger partial charge < -0.3 is 4.74 Å². The van der Waals surface area contributed by atoms with Gasteiger partial charge in [-0.3, -0.25) is 14.9 Å². The van der Waals surface area contributed by atoms with E-state index in [2.05, 4.69) is 13.8 Å². The minimum Gasteiger partial charge on any atom is -0.478 e. The predicted molar refractivity (Wildman–Crippen MR) is 88.1 cm³/mol. The molecule has 5 heteroatoms. The lowest BCUT2D eigenvalue weighted by Crippen LogP contribution is -2.12. The molecule has 0 N–H and O–H groups in total. The zero-order chi connectivity index (χ0) is 16.8. The molecular formula is C18H19NO4. The number of hydrogen-bond acceptors (Lipinski definition) is 4. The summed E-state index contributed by atoms with van der Waals surface area (Å²) in [6.07, 6.45) is 1.04. The van der Waals surface area contributed by atoms with E-state index < -0.39 is 4.92 Å². The maximum absolute atomic E-state index is 12.2. The lowest BCUT2D eigenvalue weighted by molar-refractivity contribution is -0.385. The number of hydrogen-bond donors (Lipinski definition) is 0. The van der Waals surface area contributed by atoms with Crippen LogP contribution in [0, 0.1) is 10.1 Å². The van der Waals surface area contributed by atoms with E-state index in [0.29, 0.717) is 11.5 Å². The maximum atomic E-state index is 12.2. The van der Waals surface area contributed by atoms with Crippen molar-refractivity contribution in [1.29, 1.82) is 0 Å². The molecule has 0 heterocycles. The topological polar surface area (TPSA) is 69.4 Å². The van der Waals surface area contributed by atoms with Crippen LogP contribution in [0.3, 0.4) is 0 Å². The maximum Gasteiger partial charge on any atom is 0.310 e. The van der Waals surface area contributed by atoms with Gasteiger partial charge in [-0.05, 0) is 24.0 Å². The van der Waals surface area contributed by atoms with Gasteiger partial charge in [0.25, 0.3) is 0 Å². The molecule has 2 aromatic carbocycles. The third kappa shape index (κ3) is 4.16. The minimum atomic E-state index is -0.527. The van der Waals surface area contributed by atoms with Crippen molar-refractivity contribution in [1.82, 2.24) is 0 Å². The summed E-state index contributed by atoms with van der Waals surface area (Å²) < 4.78 is 5.32. The van der Waals surface area contributed by atoms with E-state index >= 15 is 0 Å². The van der Waals surface area contributed by atoms with Gasteiger partial charge in [-0.25, -0.2) is 0 Å². The van der Waals surface area contributed by atoms with Crippen LogP contribution in [-0.2, 0) is 0 Å². The summed E-state index contributed by atoms with van der Waals surface area (Å²) in [5, 5.41) is 10.9. The average molecular weight is 313 g/mol. The van der Waals surface area contributed by atoms with Gasteiger partial charge in [0, 0.05) is 11.6 Å². The van der Waals surface area contributed by atoms with E-state index in [1.54, 1.807) is 24.3 Å². The number of Topliss-reactive ketones (excluding diaryl/α,β-unsaturated/α-hetero) is 1. The van der Waals surface area contributed by atoms with Gasteiger partial charge in [0.05, 0.1) is 4.92 Å². The number of benzene rings is 2. The predicted octanol–water partition coefficient (Wildman–Crippen LogP) is 4.37. The van der Waals surface area contributed by atoms with E-state index in [9.17, 15) is 14.9 Å². The Balaban J connectivity index is 2.04. The summed E-state index contributed by atoms with van der Waals surface area (Å²) in [5.74, 6) is 0.336. The van der Waals surface area contributed by atoms with Crippen LogP contribution >= 0.6 is 0 Å². The number of carbonyl (C=O) groups excluding carboxylic acids is 1. The first-order valence-corrected chi connectivity index (χ1v) is 7.52. The third-order valence-electron chi connectivity index (χ3n) is 3.83. The second kappa shape index (κ2) is 7.54. The molecule has 23 heavy (non-hydrogen) atoms. The number of ether oxygens (including phenoxy) is 1. The molecule has 1 unspecified atom stereocenters. The lowest BCUT2D eigenvalue weighted by Gasteiger charge is -2.10. The van der Waals surface area contributed by atoms with Crippen LogP contribution in [0.1, 0.15) is 42.1 Å². The second-order valence-electron chi connectivity index (χ2n) is 5.37.